The number of ether oxygens (including phenoxy) is 1. The van der Waals surface area contributed by atoms with Crippen molar-refractivity contribution >= 4 is 5.91 Å². The number of carbonyl (C=O) groups excluding carboxylic acids is 1. The Labute approximate surface area is 161 Å². The number of nitrogens with one attached hydrogen (secondary N) is 1. The highest BCUT2D eigenvalue weighted by molar-refractivity contribution is 5.94. The average Bonchev–Trinajstić information content (AvgIpc) is 2.73. The fourth-order valence-electron chi connectivity index (χ4n) is 3.37. The van der Waals surface area contributed by atoms with Gasteiger partial charge in [0.15, 0.2) is 0 Å². The number of benzene rings is 2. The van der Waals surface area contributed by atoms with Gasteiger partial charge in [0.05, 0.1) is 0 Å². The van der Waals surface area contributed by atoms with Crippen molar-refractivity contribution in [1.29, 1.82) is 0 Å². The van der Waals surface area contributed by atoms with Crippen molar-refractivity contribution in [3.8, 4) is 5.75 Å². The first kappa shape index (κ1) is 19.4. The Balaban J connectivity index is 1.41. The minimum Gasteiger partial charge on any atom is -0.489 e. The molecule has 1 aliphatic rings. The van der Waals surface area contributed by atoms with Crippen LogP contribution >= 0.6 is 0 Å². The maximum absolute atomic E-state index is 12.3. The molecule has 0 radical (unpaired) electrons. The summed E-state index contributed by atoms with van der Waals surface area (Å²) in [6.07, 6.45) is 2.21. The minimum atomic E-state index is -0.0544. The summed E-state index contributed by atoms with van der Waals surface area (Å²) in [4.78, 5) is 14.6. The third-order valence-electron chi connectivity index (χ3n) is 4.94. The van der Waals surface area contributed by atoms with E-state index in [1.807, 2.05) is 54.6 Å². The van der Waals surface area contributed by atoms with E-state index < -0.39 is 0 Å². The highest BCUT2D eigenvalue weighted by Crippen LogP contribution is 2.15. The van der Waals surface area contributed by atoms with Gasteiger partial charge in [-0.25, -0.2) is 0 Å². The monoisotopic (exact) mass is 368 g/mol. The second kappa shape index (κ2) is 10.1. The van der Waals surface area contributed by atoms with Gasteiger partial charge in [-0.05, 0) is 55.1 Å². The summed E-state index contributed by atoms with van der Waals surface area (Å²) < 4.78 is 5.72. The van der Waals surface area contributed by atoms with E-state index in [1.54, 1.807) is 0 Å². The summed E-state index contributed by atoms with van der Waals surface area (Å²) in [5.41, 5.74) is 1.68. The molecule has 1 heterocycles. The fraction of sp³-hybridized carbons (Fsp3) is 0.409. The molecule has 0 saturated carbocycles. The van der Waals surface area contributed by atoms with Crippen molar-refractivity contribution in [1.82, 2.24) is 10.2 Å². The van der Waals surface area contributed by atoms with Crippen LogP contribution in [0.1, 0.15) is 28.8 Å². The molecule has 2 N–H and O–H groups in total. The Hall–Kier alpha value is -2.37. The van der Waals surface area contributed by atoms with Crippen LogP contribution in [0, 0.1) is 5.92 Å². The first-order chi connectivity index (χ1) is 13.2. The quantitative estimate of drug-likeness (QED) is 0.752. The van der Waals surface area contributed by atoms with E-state index in [1.165, 1.54) is 0 Å². The van der Waals surface area contributed by atoms with Crippen molar-refractivity contribution in [2.75, 3.05) is 32.8 Å². The zero-order chi connectivity index (χ0) is 18.9. The second-order valence-electron chi connectivity index (χ2n) is 7.05. The summed E-state index contributed by atoms with van der Waals surface area (Å²) in [5.74, 6) is 1.15. The molecule has 27 heavy (non-hydrogen) atoms. The Morgan fingerprint density at radius 1 is 1.15 bits per heavy atom. The lowest BCUT2D eigenvalue weighted by molar-refractivity contribution is 0.0930. The maximum atomic E-state index is 12.3. The van der Waals surface area contributed by atoms with Crippen molar-refractivity contribution in [2.45, 2.75) is 19.4 Å². The van der Waals surface area contributed by atoms with E-state index in [9.17, 15) is 9.90 Å². The predicted molar refractivity (Wildman–Crippen MR) is 106 cm³/mol. The third kappa shape index (κ3) is 6.08. The van der Waals surface area contributed by atoms with E-state index in [4.69, 9.17) is 4.74 Å². The van der Waals surface area contributed by atoms with E-state index in [0.717, 1.165) is 43.8 Å². The van der Waals surface area contributed by atoms with Gasteiger partial charge in [0.2, 0.25) is 0 Å². The van der Waals surface area contributed by atoms with Gasteiger partial charge < -0.3 is 20.1 Å². The van der Waals surface area contributed by atoms with Crippen LogP contribution in [0.2, 0.25) is 0 Å². The molecule has 0 aromatic heterocycles. The zero-order valence-corrected chi connectivity index (χ0v) is 15.6. The van der Waals surface area contributed by atoms with Gasteiger partial charge in [0, 0.05) is 31.8 Å². The van der Waals surface area contributed by atoms with E-state index in [2.05, 4.69) is 10.2 Å². The first-order valence-corrected chi connectivity index (χ1v) is 9.63. The molecule has 1 fully saturated rings. The van der Waals surface area contributed by atoms with Gasteiger partial charge in [-0.2, -0.15) is 0 Å². The number of carbonyl (C=O) groups is 1. The van der Waals surface area contributed by atoms with Gasteiger partial charge in [-0.3, -0.25) is 4.79 Å². The number of piperidine rings is 1. The summed E-state index contributed by atoms with van der Waals surface area (Å²) in [7, 11) is 0. The Bertz CT molecular complexity index is 703. The standard InChI is InChI=1S/C22H28N2O3/c25-16-19-5-4-13-24(15-19)14-12-23-22(26)20-10-8-18(9-11-20)17-27-21-6-2-1-3-7-21/h1-3,6-11,19,25H,4-5,12-17H2,(H,23,26). The summed E-state index contributed by atoms with van der Waals surface area (Å²) in [6.45, 7) is 4.14. The molecule has 1 amide bonds. The topological polar surface area (TPSA) is 61.8 Å². The molecule has 5 nitrogen and oxygen atoms in total. The van der Waals surface area contributed by atoms with Gasteiger partial charge in [-0.15, -0.1) is 0 Å². The van der Waals surface area contributed by atoms with Crippen molar-refractivity contribution in [3.05, 3.63) is 65.7 Å². The number of nitrogens with zero attached hydrogens (tertiary/aromatic N) is 1. The van der Waals surface area contributed by atoms with Crippen LogP contribution in [-0.4, -0.2) is 48.7 Å². The first-order valence-electron chi connectivity index (χ1n) is 9.63. The lowest BCUT2D eigenvalue weighted by Gasteiger charge is -2.31. The summed E-state index contributed by atoms with van der Waals surface area (Å²) in [5, 5.41) is 12.3. The van der Waals surface area contributed by atoms with E-state index >= 15 is 0 Å². The molecule has 2 aromatic rings. The average molecular weight is 368 g/mol. The molecule has 0 bridgehead atoms. The van der Waals surface area contributed by atoms with Crippen molar-refractivity contribution < 1.29 is 14.6 Å². The Morgan fingerprint density at radius 2 is 1.93 bits per heavy atom. The van der Waals surface area contributed by atoms with Crippen LogP contribution in [0.4, 0.5) is 0 Å². The molecule has 0 spiro atoms. The van der Waals surface area contributed by atoms with Crippen LogP contribution in [0.15, 0.2) is 54.6 Å². The summed E-state index contributed by atoms with van der Waals surface area (Å²) in [6, 6.07) is 17.2. The molecule has 2 aromatic carbocycles. The second-order valence-corrected chi connectivity index (χ2v) is 7.05. The SMILES string of the molecule is O=C(NCCN1CCCC(CO)C1)c1ccc(COc2ccccc2)cc1. The van der Waals surface area contributed by atoms with Gasteiger partial charge in [0.1, 0.15) is 12.4 Å². The number of likely N-dealkylation sites (tertiary alicyclic amines) is 1. The number of rotatable bonds is 8. The lowest BCUT2D eigenvalue weighted by atomic mass is 9.99. The third-order valence-corrected chi connectivity index (χ3v) is 4.94. The van der Waals surface area contributed by atoms with Gasteiger partial charge >= 0.3 is 0 Å². The van der Waals surface area contributed by atoms with Crippen LogP contribution in [0.5, 0.6) is 5.75 Å². The molecule has 1 atom stereocenters. The highest BCUT2D eigenvalue weighted by atomic mass is 16.5. The number of amides is 1. The van der Waals surface area contributed by atoms with Crippen LogP contribution < -0.4 is 10.1 Å². The van der Waals surface area contributed by atoms with Crippen LogP contribution in [0.25, 0.3) is 0 Å². The van der Waals surface area contributed by atoms with Gasteiger partial charge in [-0.1, -0.05) is 30.3 Å². The van der Waals surface area contributed by atoms with Crippen LogP contribution in [-0.2, 0) is 6.61 Å². The van der Waals surface area contributed by atoms with E-state index in [0.29, 0.717) is 24.6 Å². The highest BCUT2D eigenvalue weighted by Gasteiger charge is 2.18. The van der Waals surface area contributed by atoms with Crippen molar-refractivity contribution in [3.63, 3.8) is 0 Å². The predicted octanol–water partition coefficient (Wildman–Crippen LogP) is 2.70. The molecule has 1 saturated heterocycles. The van der Waals surface area contributed by atoms with Gasteiger partial charge in [0.25, 0.3) is 5.91 Å². The van der Waals surface area contributed by atoms with E-state index in [-0.39, 0.29) is 12.5 Å². The minimum absolute atomic E-state index is 0.0544. The number of hydrogen-bond acceptors (Lipinski definition) is 4. The molecular weight excluding hydrogens is 340 g/mol. The molecule has 3 rings (SSSR count). The largest absolute Gasteiger partial charge is 0.489 e. The molecule has 0 aliphatic carbocycles. The normalized spacial score (nSPS) is 17.4. The number of hydrogen-bond donors (Lipinski definition) is 2. The molecule has 1 unspecified atom stereocenters. The zero-order valence-electron chi connectivity index (χ0n) is 15.6. The summed E-state index contributed by atoms with van der Waals surface area (Å²) >= 11 is 0. The Morgan fingerprint density at radius 3 is 2.67 bits per heavy atom. The molecule has 1 aliphatic heterocycles. The van der Waals surface area contributed by atoms with Crippen LogP contribution in [0.3, 0.4) is 0 Å². The molecular formula is C22H28N2O3. The lowest BCUT2D eigenvalue weighted by Crippen LogP contribution is -2.41. The maximum Gasteiger partial charge on any atom is 0.251 e. The number of aliphatic hydroxyl groups excluding tert-OH is 1. The Kier molecular flexibility index (Phi) is 7.25. The number of para-hydroxylation sites is 1. The van der Waals surface area contributed by atoms with Crippen molar-refractivity contribution in [2.24, 2.45) is 5.92 Å². The number of aliphatic hydroxyl groups is 1. The molecule has 5 heteroatoms. The smallest absolute Gasteiger partial charge is 0.251 e. The fourth-order valence-corrected chi connectivity index (χ4v) is 3.37. The molecule has 144 valence electrons.